The molecule has 1 fully saturated rings. The molecule has 0 radical (unpaired) electrons. The second kappa shape index (κ2) is 5.46. The molecule has 0 unspecified atom stereocenters. The highest BCUT2D eigenvalue weighted by atomic mass is 79.9. The number of hydrogen-bond donors (Lipinski definition) is 1. The summed E-state index contributed by atoms with van der Waals surface area (Å²) in [5.41, 5.74) is 1.36. The quantitative estimate of drug-likeness (QED) is 0.877. The van der Waals surface area contributed by atoms with Crippen LogP contribution in [0.3, 0.4) is 0 Å². The third-order valence-electron chi connectivity index (χ3n) is 3.08. The Hall–Kier alpha value is 0.140. The fraction of sp³-hybridized carbons (Fsp3) is 0.667. The number of aryl methyl sites for hydroxylation is 1. The molecule has 84 valence electrons. The summed E-state index contributed by atoms with van der Waals surface area (Å²) in [4.78, 5) is 1.45. The van der Waals surface area contributed by atoms with Crippen molar-refractivity contribution in [2.45, 2.75) is 51.6 Å². The molecule has 0 saturated heterocycles. The van der Waals surface area contributed by atoms with Gasteiger partial charge in [-0.15, -0.1) is 11.3 Å². The van der Waals surface area contributed by atoms with Crippen LogP contribution in [0.1, 0.15) is 42.5 Å². The molecule has 15 heavy (non-hydrogen) atoms. The third-order valence-corrected chi connectivity index (χ3v) is 5.21. The molecule has 0 atom stereocenters. The molecule has 1 heterocycles. The van der Waals surface area contributed by atoms with Crippen molar-refractivity contribution >= 4 is 27.3 Å². The topological polar surface area (TPSA) is 12.0 Å². The number of nitrogens with one attached hydrogen (secondary N) is 1. The van der Waals surface area contributed by atoms with Crippen LogP contribution >= 0.6 is 27.3 Å². The zero-order chi connectivity index (χ0) is 10.7. The Balaban J connectivity index is 1.81. The summed E-state index contributed by atoms with van der Waals surface area (Å²) in [5.74, 6) is 0. The second-order valence-electron chi connectivity index (χ2n) is 4.39. The number of halogens is 1. The van der Waals surface area contributed by atoms with Gasteiger partial charge in [0, 0.05) is 17.5 Å². The van der Waals surface area contributed by atoms with Gasteiger partial charge >= 0.3 is 0 Å². The van der Waals surface area contributed by atoms with Gasteiger partial charge in [0.25, 0.3) is 0 Å². The highest BCUT2D eigenvalue weighted by Gasteiger charge is 2.12. The lowest BCUT2D eigenvalue weighted by molar-refractivity contribution is 0.373. The predicted octanol–water partition coefficient (Wildman–Crippen LogP) is 4.24. The van der Waals surface area contributed by atoms with Crippen LogP contribution in [-0.2, 0) is 6.54 Å². The highest BCUT2D eigenvalue weighted by Crippen LogP contribution is 2.27. The summed E-state index contributed by atoms with van der Waals surface area (Å²) in [7, 11) is 0. The minimum atomic E-state index is 0.764. The normalized spacial score (nSPS) is 18.3. The van der Waals surface area contributed by atoms with Crippen molar-refractivity contribution in [1.29, 1.82) is 0 Å². The molecule has 1 aromatic heterocycles. The van der Waals surface area contributed by atoms with Gasteiger partial charge in [0.2, 0.25) is 0 Å². The molecule has 0 bridgehead atoms. The molecular weight excluding hydrogens is 270 g/mol. The minimum Gasteiger partial charge on any atom is -0.309 e. The van der Waals surface area contributed by atoms with E-state index in [2.05, 4.69) is 34.2 Å². The van der Waals surface area contributed by atoms with E-state index in [0.717, 1.165) is 12.6 Å². The number of rotatable bonds is 3. The van der Waals surface area contributed by atoms with Crippen LogP contribution in [0.2, 0.25) is 0 Å². The van der Waals surface area contributed by atoms with Crippen molar-refractivity contribution in [3.05, 3.63) is 20.3 Å². The Kier molecular flexibility index (Phi) is 4.23. The lowest BCUT2D eigenvalue weighted by atomic mass is 9.95. The van der Waals surface area contributed by atoms with E-state index in [1.165, 1.54) is 46.3 Å². The molecule has 1 aromatic rings. The van der Waals surface area contributed by atoms with Crippen molar-refractivity contribution in [3.8, 4) is 0 Å². The van der Waals surface area contributed by atoms with Gasteiger partial charge in [-0.05, 0) is 47.3 Å². The molecule has 0 aromatic carbocycles. The standard InChI is InChI=1S/C12H18BrNS/c1-9-7-11(15-12(9)13)8-14-10-5-3-2-4-6-10/h7,10,14H,2-6,8H2,1H3. The van der Waals surface area contributed by atoms with Crippen LogP contribution in [0.4, 0.5) is 0 Å². The first kappa shape index (κ1) is 11.6. The highest BCUT2D eigenvalue weighted by molar-refractivity contribution is 9.11. The van der Waals surface area contributed by atoms with Crippen molar-refractivity contribution < 1.29 is 0 Å². The fourth-order valence-corrected chi connectivity index (χ4v) is 3.74. The van der Waals surface area contributed by atoms with Crippen LogP contribution in [-0.4, -0.2) is 6.04 Å². The van der Waals surface area contributed by atoms with Crippen LogP contribution in [0.15, 0.2) is 9.85 Å². The lowest BCUT2D eigenvalue weighted by Gasteiger charge is -2.22. The molecule has 2 rings (SSSR count). The molecule has 1 saturated carbocycles. The van der Waals surface area contributed by atoms with Crippen LogP contribution in [0.5, 0.6) is 0 Å². The van der Waals surface area contributed by atoms with Crippen molar-refractivity contribution in [2.24, 2.45) is 0 Å². The smallest absolute Gasteiger partial charge is 0.0730 e. The summed E-state index contributed by atoms with van der Waals surface area (Å²) < 4.78 is 1.28. The van der Waals surface area contributed by atoms with Crippen LogP contribution < -0.4 is 5.32 Å². The SMILES string of the molecule is Cc1cc(CNC2CCCCC2)sc1Br. The number of hydrogen-bond acceptors (Lipinski definition) is 2. The zero-order valence-electron chi connectivity index (χ0n) is 9.18. The van der Waals surface area contributed by atoms with E-state index < -0.39 is 0 Å². The summed E-state index contributed by atoms with van der Waals surface area (Å²) >= 11 is 5.43. The van der Waals surface area contributed by atoms with Gasteiger partial charge in [0.15, 0.2) is 0 Å². The van der Waals surface area contributed by atoms with Gasteiger partial charge in [-0.3, -0.25) is 0 Å². The van der Waals surface area contributed by atoms with E-state index in [-0.39, 0.29) is 0 Å². The maximum atomic E-state index is 3.67. The van der Waals surface area contributed by atoms with E-state index in [9.17, 15) is 0 Å². The third kappa shape index (κ3) is 3.30. The van der Waals surface area contributed by atoms with Crippen LogP contribution in [0.25, 0.3) is 0 Å². The van der Waals surface area contributed by atoms with Gasteiger partial charge in [-0.2, -0.15) is 0 Å². The van der Waals surface area contributed by atoms with Crippen LogP contribution in [0, 0.1) is 6.92 Å². The van der Waals surface area contributed by atoms with Gasteiger partial charge in [0.1, 0.15) is 0 Å². The Bertz CT molecular complexity index is 296. The van der Waals surface area contributed by atoms with E-state index >= 15 is 0 Å². The molecule has 0 amide bonds. The zero-order valence-corrected chi connectivity index (χ0v) is 11.6. The second-order valence-corrected chi connectivity index (χ2v) is 6.84. The summed E-state index contributed by atoms with van der Waals surface area (Å²) in [5, 5.41) is 3.67. The summed E-state index contributed by atoms with van der Waals surface area (Å²) in [6.45, 7) is 3.20. The van der Waals surface area contributed by atoms with Crippen molar-refractivity contribution in [3.63, 3.8) is 0 Å². The molecule has 1 N–H and O–H groups in total. The lowest BCUT2D eigenvalue weighted by Crippen LogP contribution is -2.30. The number of thiophene rings is 1. The first-order chi connectivity index (χ1) is 7.25. The van der Waals surface area contributed by atoms with Crippen molar-refractivity contribution in [2.75, 3.05) is 0 Å². The predicted molar refractivity (Wildman–Crippen MR) is 70.5 cm³/mol. The molecule has 0 spiro atoms. The Morgan fingerprint density at radius 3 is 2.73 bits per heavy atom. The minimum absolute atomic E-state index is 0.764. The molecule has 1 nitrogen and oxygen atoms in total. The summed E-state index contributed by atoms with van der Waals surface area (Å²) in [6, 6.07) is 3.05. The molecule has 0 aliphatic heterocycles. The van der Waals surface area contributed by atoms with E-state index in [1.54, 1.807) is 0 Å². The molecule has 1 aliphatic carbocycles. The maximum Gasteiger partial charge on any atom is 0.0730 e. The van der Waals surface area contributed by atoms with Gasteiger partial charge in [0.05, 0.1) is 3.79 Å². The maximum absolute atomic E-state index is 3.67. The Morgan fingerprint density at radius 2 is 2.13 bits per heavy atom. The van der Waals surface area contributed by atoms with Gasteiger partial charge in [-0.1, -0.05) is 19.3 Å². The summed E-state index contributed by atoms with van der Waals surface area (Å²) in [6.07, 6.45) is 6.98. The van der Waals surface area contributed by atoms with Gasteiger partial charge < -0.3 is 5.32 Å². The average Bonchev–Trinajstić information content (AvgIpc) is 2.57. The average molecular weight is 288 g/mol. The molecular formula is C12H18BrNS. The largest absolute Gasteiger partial charge is 0.309 e. The monoisotopic (exact) mass is 287 g/mol. The molecule has 3 heteroatoms. The first-order valence-electron chi connectivity index (χ1n) is 5.74. The van der Waals surface area contributed by atoms with Crippen molar-refractivity contribution in [1.82, 2.24) is 5.32 Å². The Morgan fingerprint density at radius 1 is 1.40 bits per heavy atom. The first-order valence-corrected chi connectivity index (χ1v) is 7.35. The van der Waals surface area contributed by atoms with E-state index in [1.807, 2.05) is 11.3 Å². The van der Waals surface area contributed by atoms with Gasteiger partial charge in [-0.25, -0.2) is 0 Å². The Labute approximate surface area is 104 Å². The van der Waals surface area contributed by atoms with E-state index in [4.69, 9.17) is 0 Å². The molecule has 1 aliphatic rings. The fourth-order valence-electron chi connectivity index (χ4n) is 2.16. The van der Waals surface area contributed by atoms with E-state index in [0.29, 0.717) is 0 Å².